The molecule has 0 fully saturated rings. The average molecular weight is 338 g/mol. The van der Waals surface area contributed by atoms with Crippen LogP contribution in [0.1, 0.15) is 43.8 Å². The molecule has 0 bridgehead atoms. The number of hydrogen-bond donors (Lipinski definition) is 2. The number of aliphatic imine (C=N–C) groups is 1. The van der Waals surface area contributed by atoms with Crippen LogP contribution in [0.4, 0.5) is 0 Å². The first kappa shape index (κ1) is 17.2. The molecule has 0 radical (unpaired) electrons. The van der Waals surface area contributed by atoms with Crippen LogP contribution in [0.3, 0.4) is 0 Å². The minimum absolute atomic E-state index is 0.200. The van der Waals surface area contributed by atoms with E-state index in [1.54, 1.807) is 0 Å². The van der Waals surface area contributed by atoms with Gasteiger partial charge in [-0.2, -0.15) is 5.10 Å². The number of nitrogens with one attached hydrogen (secondary N) is 2. The second-order valence-corrected chi connectivity index (χ2v) is 6.49. The number of hydrogen-bond acceptors (Lipinski definition) is 5. The fourth-order valence-corrected chi connectivity index (χ4v) is 3.06. The third-order valence-corrected chi connectivity index (χ3v) is 4.78. The van der Waals surface area contributed by atoms with Gasteiger partial charge in [0.25, 0.3) is 0 Å². The molecule has 6 heteroatoms. The predicted molar refractivity (Wildman–Crippen MR) is 100 cm³/mol. The molecule has 0 spiro atoms. The number of amidine groups is 1. The molecule has 2 N–H and O–H groups in total. The van der Waals surface area contributed by atoms with Gasteiger partial charge < -0.3 is 10.2 Å². The molecule has 0 amide bonds. The Balaban J connectivity index is 1.65. The van der Waals surface area contributed by atoms with E-state index in [0.717, 1.165) is 30.2 Å². The normalized spacial score (nSPS) is 16.0. The van der Waals surface area contributed by atoms with Crippen LogP contribution in [0.5, 0.6) is 0 Å². The van der Waals surface area contributed by atoms with Gasteiger partial charge in [-0.1, -0.05) is 6.07 Å². The first-order valence-corrected chi connectivity index (χ1v) is 8.70. The number of nitrogens with zero attached hydrogens (tertiary/aromatic N) is 4. The number of pyridine rings is 1. The van der Waals surface area contributed by atoms with Crippen molar-refractivity contribution >= 4 is 5.84 Å². The molecule has 25 heavy (non-hydrogen) atoms. The number of aromatic amines is 1. The molecule has 0 saturated heterocycles. The Hall–Kier alpha value is -2.63. The maximum absolute atomic E-state index is 4.75. The smallest absolute Gasteiger partial charge is 0.127 e. The number of H-pyrrole nitrogens is 1. The average Bonchev–Trinajstić information content (AvgIpc) is 3.12. The van der Waals surface area contributed by atoms with E-state index < -0.39 is 0 Å². The molecule has 1 unspecified atom stereocenters. The van der Waals surface area contributed by atoms with Crippen molar-refractivity contribution in [2.45, 2.75) is 40.2 Å². The Morgan fingerprint density at radius 3 is 2.84 bits per heavy atom. The third kappa shape index (κ3) is 3.90. The van der Waals surface area contributed by atoms with Crippen molar-refractivity contribution in [3.05, 3.63) is 58.8 Å². The minimum atomic E-state index is 0.200. The topological polar surface area (TPSA) is 69.2 Å². The maximum atomic E-state index is 4.75. The van der Waals surface area contributed by atoms with Crippen molar-refractivity contribution < 1.29 is 0 Å². The molecule has 2 aromatic heterocycles. The van der Waals surface area contributed by atoms with Gasteiger partial charge in [0.1, 0.15) is 12.5 Å². The lowest BCUT2D eigenvalue weighted by molar-refractivity contribution is 0.269. The molecule has 3 heterocycles. The molecule has 0 aromatic carbocycles. The molecule has 1 aliphatic heterocycles. The Morgan fingerprint density at radius 2 is 2.12 bits per heavy atom. The van der Waals surface area contributed by atoms with Gasteiger partial charge in [0, 0.05) is 29.7 Å². The number of aryl methyl sites for hydroxylation is 1. The van der Waals surface area contributed by atoms with Crippen LogP contribution < -0.4 is 5.32 Å². The van der Waals surface area contributed by atoms with E-state index in [0.29, 0.717) is 6.67 Å². The standard InChI is InChI=1S/C19H26N6/c1-13-6-5-7-18(24-13)16(4)25-12-21-19(14(2)15(25)3)20-9-8-17-10-22-23-11-17/h5-7,10-11,16H,8-9,12H2,1-4H3,(H,20,21)(H,22,23). The van der Waals surface area contributed by atoms with Crippen LogP contribution in [-0.4, -0.2) is 39.1 Å². The van der Waals surface area contributed by atoms with Crippen molar-refractivity contribution in [3.63, 3.8) is 0 Å². The number of aromatic nitrogens is 3. The Morgan fingerprint density at radius 1 is 1.28 bits per heavy atom. The van der Waals surface area contributed by atoms with E-state index in [9.17, 15) is 0 Å². The summed E-state index contributed by atoms with van der Waals surface area (Å²) in [6.45, 7) is 9.99. The summed E-state index contributed by atoms with van der Waals surface area (Å²) in [6.07, 6.45) is 4.71. The third-order valence-electron chi connectivity index (χ3n) is 4.78. The predicted octanol–water partition coefficient (Wildman–Crippen LogP) is 2.97. The van der Waals surface area contributed by atoms with Crippen LogP contribution in [0.15, 0.2) is 46.9 Å². The molecule has 1 atom stereocenters. The minimum Gasteiger partial charge on any atom is -0.370 e. The largest absolute Gasteiger partial charge is 0.370 e. The lowest BCUT2D eigenvalue weighted by atomic mass is 10.1. The zero-order valence-electron chi connectivity index (χ0n) is 15.4. The van der Waals surface area contributed by atoms with Crippen LogP contribution in [0.25, 0.3) is 0 Å². The van der Waals surface area contributed by atoms with Gasteiger partial charge in [-0.3, -0.25) is 10.1 Å². The van der Waals surface area contributed by atoms with E-state index in [1.165, 1.54) is 16.8 Å². The molecule has 1 aliphatic rings. The summed E-state index contributed by atoms with van der Waals surface area (Å²) in [6, 6.07) is 6.38. The molecule has 132 valence electrons. The van der Waals surface area contributed by atoms with Crippen LogP contribution in [0, 0.1) is 6.92 Å². The van der Waals surface area contributed by atoms with Gasteiger partial charge in [0.15, 0.2) is 0 Å². The summed E-state index contributed by atoms with van der Waals surface area (Å²) in [5, 5.41) is 10.3. The number of allylic oxidation sites excluding steroid dienone is 1. The van der Waals surface area contributed by atoms with Gasteiger partial charge >= 0.3 is 0 Å². The fourth-order valence-electron chi connectivity index (χ4n) is 3.06. The lowest BCUT2D eigenvalue weighted by Crippen LogP contribution is -2.37. The zero-order valence-corrected chi connectivity index (χ0v) is 15.4. The highest BCUT2D eigenvalue weighted by molar-refractivity contribution is 5.98. The van der Waals surface area contributed by atoms with Crippen LogP contribution >= 0.6 is 0 Å². The second-order valence-electron chi connectivity index (χ2n) is 6.49. The highest BCUT2D eigenvalue weighted by atomic mass is 15.3. The van der Waals surface area contributed by atoms with Crippen molar-refractivity contribution in [2.75, 3.05) is 13.2 Å². The molecule has 6 nitrogen and oxygen atoms in total. The summed E-state index contributed by atoms with van der Waals surface area (Å²) >= 11 is 0. The van der Waals surface area contributed by atoms with Gasteiger partial charge in [-0.15, -0.1) is 0 Å². The van der Waals surface area contributed by atoms with Crippen LogP contribution in [-0.2, 0) is 6.42 Å². The summed E-state index contributed by atoms with van der Waals surface area (Å²) in [5.41, 5.74) is 5.76. The fraction of sp³-hybridized carbons (Fsp3) is 0.421. The van der Waals surface area contributed by atoms with E-state index in [1.807, 2.05) is 25.4 Å². The highest BCUT2D eigenvalue weighted by Gasteiger charge is 2.23. The molecule has 2 aromatic rings. The quantitative estimate of drug-likeness (QED) is 0.879. The summed E-state index contributed by atoms with van der Waals surface area (Å²) < 4.78 is 0. The summed E-state index contributed by atoms with van der Waals surface area (Å²) in [4.78, 5) is 11.7. The first-order chi connectivity index (χ1) is 12.1. The second kappa shape index (κ2) is 7.51. The first-order valence-electron chi connectivity index (χ1n) is 8.70. The lowest BCUT2D eigenvalue weighted by Gasteiger charge is -2.35. The molecular formula is C19H26N6. The molecular weight excluding hydrogens is 312 g/mol. The summed E-state index contributed by atoms with van der Waals surface area (Å²) in [7, 11) is 0. The van der Waals surface area contributed by atoms with E-state index in [4.69, 9.17) is 4.99 Å². The SMILES string of the molecule is CC1=C(C)N(C(C)c2cccc(C)n2)CN=C1NCCc1cn[nH]c1. The molecule has 0 saturated carbocycles. The van der Waals surface area contributed by atoms with Crippen molar-refractivity contribution in [3.8, 4) is 0 Å². The Labute approximate surface area is 149 Å². The summed E-state index contributed by atoms with van der Waals surface area (Å²) in [5.74, 6) is 0.988. The highest BCUT2D eigenvalue weighted by Crippen LogP contribution is 2.27. The Kier molecular flexibility index (Phi) is 5.16. The monoisotopic (exact) mass is 338 g/mol. The zero-order chi connectivity index (χ0) is 17.8. The van der Waals surface area contributed by atoms with Crippen molar-refractivity contribution in [2.24, 2.45) is 4.99 Å². The van der Waals surface area contributed by atoms with E-state index in [-0.39, 0.29) is 6.04 Å². The van der Waals surface area contributed by atoms with Gasteiger partial charge in [-0.05, 0) is 51.8 Å². The van der Waals surface area contributed by atoms with E-state index >= 15 is 0 Å². The van der Waals surface area contributed by atoms with Gasteiger partial charge in [0.05, 0.1) is 17.9 Å². The van der Waals surface area contributed by atoms with E-state index in [2.05, 4.69) is 58.3 Å². The van der Waals surface area contributed by atoms with Gasteiger partial charge in [-0.25, -0.2) is 4.99 Å². The van der Waals surface area contributed by atoms with Crippen molar-refractivity contribution in [1.82, 2.24) is 25.4 Å². The van der Waals surface area contributed by atoms with Crippen LogP contribution in [0.2, 0.25) is 0 Å². The number of rotatable bonds is 5. The molecule has 0 aliphatic carbocycles. The van der Waals surface area contributed by atoms with Gasteiger partial charge in [0.2, 0.25) is 0 Å². The molecule has 3 rings (SSSR count). The van der Waals surface area contributed by atoms with Crippen molar-refractivity contribution in [1.29, 1.82) is 0 Å². The Bertz CT molecular complexity index is 775. The maximum Gasteiger partial charge on any atom is 0.127 e.